The smallest absolute Gasteiger partial charge is 0.332 e. The monoisotopic (exact) mass is 379 g/mol. The summed E-state index contributed by atoms with van der Waals surface area (Å²) in [5.41, 5.74) is 5.99. The SMILES string of the molecule is COc1cccc(-c2nc(C(N)=O)c3[nH]c(=O)n(-c4ccc(F)cc4)c3n2)c1. The Kier molecular flexibility index (Phi) is 4.11. The van der Waals surface area contributed by atoms with E-state index in [1.807, 2.05) is 0 Å². The first-order valence-electron chi connectivity index (χ1n) is 8.21. The Bertz CT molecular complexity index is 1260. The van der Waals surface area contributed by atoms with E-state index in [0.717, 1.165) is 0 Å². The van der Waals surface area contributed by atoms with Crippen LogP contribution in [0.4, 0.5) is 4.39 Å². The number of halogens is 1. The molecule has 0 bridgehead atoms. The normalized spacial score (nSPS) is 10.9. The van der Waals surface area contributed by atoms with Gasteiger partial charge in [-0.1, -0.05) is 12.1 Å². The summed E-state index contributed by atoms with van der Waals surface area (Å²) in [4.78, 5) is 35.7. The average molecular weight is 379 g/mol. The van der Waals surface area contributed by atoms with Crippen LogP contribution in [0.1, 0.15) is 10.5 Å². The number of carbonyl (C=O) groups is 1. The fourth-order valence-corrected chi connectivity index (χ4v) is 2.88. The van der Waals surface area contributed by atoms with E-state index in [-0.39, 0.29) is 22.7 Å². The van der Waals surface area contributed by atoms with E-state index in [0.29, 0.717) is 17.0 Å². The Balaban J connectivity index is 2.03. The summed E-state index contributed by atoms with van der Waals surface area (Å²) in [6.45, 7) is 0. The van der Waals surface area contributed by atoms with Gasteiger partial charge in [0.05, 0.1) is 12.8 Å². The lowest BCUT2D eigenvalue weighted by Gasteiger charge is -2.07. The first kappa shape index (κ1) is 17.4. The van der Waals surface area contributed by atoms with Crippen LogP contribution in [0.5, 0.6) is 5.75 Å². The highest BCUT2D eigenvalue weighted by atomic mass is 19.1. The van der Waals surface area contributed by atoms with Crippen molar-refractivity contribution in [2.75, 3.05) is 7.11 Å². The lowest BCUT2D eigenvalue weighted by Crippen LogP contribution is -2.15. The molecular weight excluding hydrogens is 365 g/mol. The number of ether oxygens (including phenoxy) is 1. The second-order valence-corrected chi connectivity index (χ2v) is 5.93. The number of carbonyl (C=O) groups excluding carboxylic acids is 1. The first-order chi connectivity index (χ1) is 13.5. The third-order valence-electron chi connectivity index (χ3n) is 4.18. The van der Waals surface area contributed by atoms with Crippen molar-refractivity contribution in [3.63, 3.8) is 0 Å². The molecule has 8 nitrogen and oxygen atoms in total. The highest BCUT2D eigenvalue weighted by molar-refractivity contribution is 6.02. The lowest BCUT2D eigenvalue weighted by atomic mass is 10.2. The molecule has 0 saturated heterocycles. The van der Waals surface area contributed by atoms with Gasteiger partial charge in [0.15, 0.2) is 17.2 Å². The number of benzene rings is 2. The molecule has 0 aliphatic heterocycles. The zero-order chi connectivity index (χ0) is 19.8. The maximum Gasteiger partial charge on any atom is 0.332 e. The maximum absolute atomic E-state index is 13.3. The summed E-state index contributed by atoms with van der Waals surface area (Å²) in [6, 6.07) is 12.2. The molecule has 2 aromatic heterocycles. The largest absolute Gasteiger partial charge is 0.497 e. The minimum absolute atomic E-state index is 0.105. The fourth-order valence-electron chi connectivity index (χ4n) is 2.88. The Hall–Kier alpha value is -4.01. The number of imidazole rings is 1. The van der Waals surface area contributed by atoms with Gasteiger partial charge in [0.1, 0.15) is 17.1 Å². The molecule has 2 aromatic carbocycles. The van der Waals surface area contributed by atoms with Crippen molar-refractivity contribution in [3.05, 3.63) is 70.5 Å². The molecular formula is C19H14FN5O3. The maximum atomic E-state index is 13.3. The van der Waals surface area contributed by atoms with E-state index in [2.05, 4.69) is 15.0 Å². The molecule has 3 N–H and O–H groups in total. The van der Waals surface area contributed by atoms with Crippen molar-refractivity contribution in [3.8, 4) is 22.8 Å². The Morgan fingerprint density at radius 3 is 2.61 bits per heavy atom. The molecule has 0 aliphatic carbocycles. The number of aromatic nitrogens is 4. The van der Waals surface area contributed by atoms with E-state index in [1.54, 1.807) is 24.3 Å². The molecule has 0 atom stereocenters. The second kappa shape index (κ2) is 6.62. The van der Waals surface area contributed by atoms with Crippen molar-refractivity contribution >= 4 is 17.1 Å². The average Bonchev–Trinajstić information content (AvgIpc) is 3.03. The number of primary amides is 1. The summed E-state index contributed by atoms with van der Waals surface area (Å²) >= 11 is 0. The van der Waals surface area contributed by atoms with Gasteiger partial charge in [0.25, 0.3) is 5.91 Å². The standard InChI is InChI=1S/C19H14FN5O3/c1-28-13-4-2-3-10(9-13)17-22-14(16(21)26)15-18(24-17)25(19(27)23-15)12-7-5-11(20)6-8-12/h2-9H,1H3,(H2,21,26)(H,23,27). The van der Waals surface area contributed by atoms with Crippen LogP contribution in [0.25, 0.3) is 28.2 Å². The number of nitrogens with one attached hydrogen (secondary N) is 1. The number of hydrogen-bond donors (Lipinski definition) is 2. The number of nitrogens with zero attached hydrogens (tertiary/aromatic N) is 3. The molecule has 9 heteroatoms. The molecule has 0 spiro atoms. The molecule has 4 aromatic rings. The predicted molar refractivity (Wildman–Crippen MR) is 99.9 cm³/mol. The van der Waals surface area contributed by atoms with Crippen LogP contribution in [-0.2, 0) is 0 Å². The lowest BCUT2D eigenvalue weighted by molar-refractivity contribution is 0.0997. The van der Waals surface area contributed by atoms with Crippen molar-refractivity contribution in [1.82, 2.24) is 19.5 Å². The topological polar surface area (TPSA) is 116 Å². The summed E-state index contributed by atoms with van der Waals surface area (Å²) in [7, 11) is 1.52. The summed E-state index contributed by atoms with van der Waals surface area (Å²) in [5.74, 6) is -0.493. The highest BCUT2D eigenvalue weighted by Crippen LogP contribution is 2.24. The summed E-state index contributed by atoms with van der Waals surface area (Å²) in [5, 5.41) is 0. The van der Waals surface area contributed by atoms with Gasteiger partial charge in [-0.2, -0.15) is 0 Å². The van der Waals surface area contributed by atoms with Crippen LogP contribution < -0.4 is 16.2 Å². The predicted octanol–water partition coefficient (Wildman–Crippen LogP) is 2.02. The van der Waals surface area contributed by atoms with Crippen LogP contribution in [0.15, 0.2) is 53.3 Å². The number of fused-ring (bicyclic) bond motifs is 1. The molecule has 28 heavy (non-hydrogen) atoms. The minimum atomic E-state index is -0.816. The van der Waals surface area contributed by atoms with E-state index in [1.165, 1.54) is 35.9 Å². The fraction of sp³-hybridized carbons (Fsp3) is 0.0526. The molecule has 0 unspecified atom stereocenters. The summed E-state index contributed by atoms with van der Waals surface area (Å²) < 4.78 is 19.7. The van der Waals surface area contributed by atoms with E-state index >= 15 is 0 Å². The van der Waals surface area contributed by atoms with Gasteiger partial charge < -0.3 is 15.5 Å². The van der Waals surface area contributed by atoms with Gasteiger partial charge in [-0.25, -0.2) is 23.7 Å². The van der Waals surface area contributed by atoms with E-state index in [9.17, 15) is 14.0 Å². The van der Waals surface area contributed by atoms with Crippen LogP contribution >= 0.6 is 0 Å². The van der Waals surface area contributed by atoms with Gasteiger partial charge in [0.2, 0.25) is 0 Å². The van der Waals surface area contributed by atoms with Crippen molar-refractivity contribution in [1.29, 1.82) is 0 Å². The van der Waals surface area contributed by atoms with Crippen LogP contribution in [0.3, 0.4) is 0 Å². The Morgan fingerprint density at radius 2 is 1.93 bits per heavy atom. The Morgan fingerprint density at radius 1 is 1.18 bits per heavy atom. The first-order valence-corrected chi connectivity index (χ1v) is 8.21. The third kappa shape index (κ3) is 2.88. The highest BCUT2D eigenvalue weighted by Gasteiger charge is 2.20. The molecule has 2 heterocycles. The van der Waals surface area contributed by atoms with E-state index in [4.69, 9.17) is 10.5 Å². The van der Waals surface area contributed by atoms with E-state index < -0.39 is 17.4 Å². The second-order valence-electron chi connectivity index (χ2n) is 5.93. The van der Waals surface area contributed by atoms with Gasteiger partial charge >= 0.3 is 5.69 Å². The number of nitrogens with two attached hydrogens (primary N) is 1. The summed E-state index contributed by atoms with van der Waals surface area (Å²) in [6.07, 6.45) is 0. The number of aromatic amines is 1. The number of amides is 1. The van der Waals surface area contributed by atoms with Gasteiger partial charge in [-0.15, -0.1) is 0 Å². The third-order valence-corrected chi connectivity index (χ3v) is 4.18. The van der Waals surface area contributed by atoms with Gasteiger partial charge in [-0.05, 0) is 36.4 Å². The molecule has 0 radical (unpaired) electrons. The van der Waals surface area contributed by atoms with Crippen LogP contribution in [0.2, 0.25) is 0 Å². The molecule has 1 amide bonds. The zero-order valence-electron chi connectivity index (χ0n) is 14.6. The number of H-pyrrole nitrogens is 1. The zero-order valence-corrected chi connectivity index (χ0v) is 14.6. The van der Waals surface area contributed by atoms with Crippen LogP contribution in [-0.4, -0.2) is 32.5 Å². The molecule has 140 valence electrons. The quantitative estimate of drug-likeness (QED) is 0.563. The number of rotatable bonds is 4. The van der Waals surface area contributed by atoms with Crippen molar-refractivity contribution < 1.29 is 13.9 Å². The van der Waals surface area contributed by atoms with Gasteiger partial charge in [-0.3, -0.25) is 4.79 Å². The van der Waals surface area contributed by atoms with Crippen molar-refractivity contribution in [2.24, 2.45) is 5.73 Å². The number of hydrogen-bond acceptors (Lipinski definition) is 5. The number of methoxy groups -OCH3 is 1. The molecule has 0 aliphatic rings. The van der Waals surface area contributed by atoms with Crippen LogP contribution in [0, 0.1) is 5.82 Å². The Labute approximate surface area is 157 Å². The van der Waals surface area contributed by atoms with Gasteiger partial charge in [0, 0.05) is 5.56 Å². The molecule has 0 fully saturated rings. The molecule has 4 rings (SSSR count). The van der Waals surface area contributed by atoms with Crippen molar-refractivity contribution in [2.45, 2.75) is 0 Å². The molecule has 0 saturated carbocycles. The minimum Gasteiger partial charge on any atom is -0.497 e.